The van der Waals surface area contributed by atoms with Crippen molar-refractivity contribution in [1.82, 2.24) is 4.90 Å². The molecular weight excluding hydrogens is 753 g/mol. The number of ether oxygens (including phenoxy) is 2. The predicted octanol–water partition coefficient (Wildman–Crippen LogP) is 8.84. The van der Waals surface area contributed by atoms with Crippen LogP contribution < -0.4 is 9.47 Å². The summed E-state index contributed by atoms with van der Waals surface area (Å²) >= 11 is 2.05. The van der Waals surface area contributed by atoms with Gasteiger partial charge in [0.1, 0.15) is 0 Å². The summed E-state index contributed by atoms with van der Waals surface area (Å²) in [5.74, 6) is -0.407. The lowest BCUT2D eigenvalue weighted by atomic mass is 9.63. The summed E-state index contributed by atoms with van der Waals surface area (Å²) in [5, 5.41) is 23.1. The number of allylic oxidation sites excluding steroid dienone is 4. The van der Waals surface area contributed by atoms with Crippen molar-refractivity contribution >= 4 is 45.5 Å². The molecule has 0 fully saturated rings. The maximum Gasteiger partial charge on any atom is 0.318 e. The zero-order chi connectivity index (χ0) is 36.1. The summed E-state index contributed by atoms with van der Waals surface area (Å²) in [6.45, 7) is 9.05. The Morgan fingerprint density at radius 2 is 1.42 bits per heavy atom. The lowest BCUT2D eigenvalue weighted by Gasteiger charge is -2.49. The molecule has 3 aliphatic rings. The number of Topliss-reactive ketones (excluding diaryl/α,β-unsaturated/α-hetero) is 2. The van der Waals surface area contributed by atoms with Gasteiger partial charge < -0.3 is 14.4 Å². The standard InChI is InChI=1S/C38H38IN3O8/c1-37(2)18-27-34(29(43)20-37)33(35-28(19-38(3,4)21-30(35)44)40(27)14-13-22-9-7-6-8-10-22)23-15-25(39)36(32(16-23)49-5)50-31-12-11-24(41(45)46)17-26(31)42(47)48/h6-12,15-17,33H,13-14,18-21H2,1-5H3. The molecule has 12 heteroatoms. The molecule has 0 unspecified atom stereocenters. The molecule has 0 N–H and O–H groups in total. The van der Waals surface area contributed by atoms with Crippen LogP contribution in [0, 0.1) is 34.6 Å². The number of hydrogen-bond acceptors (Lipinski definition) is 9. The Morgan fingerprint density at radius 3 is 1.96 bits per heavy atom. The number of carbonyl (C=O) groups excluding carboxylic acids is 2. The molecule has 0 aromatic heterocycles. The van der Waals surface area contributed by atoms with Crippen LogP contribution in [0.15, 0.2) is 83.2 Å². The van der Waals surface area contributed by atoms with Crippen molar-refractivity contribution < 1.29 is 28.9 Å². The van der Waals surface area contributed by atoms with E-state index in [0.29, 0.717) is 52.5 Å². The molecular formula is C38H38IN3O8. The van der Waals surface area contributed by atoms with Gasteiger partial charge in [-0.25, -0.2) is 0 Å². The fourth-order valence-corrected chi connectivity index (χ4v) is 8.24. The first-order chi connectivity index (χ1) is 23.6. The molecule has 260 valence electrons. The van der Waals surface area contributed by atoms with Gasteiger partial charge in [-0.1, -0.05) is 58.0 Å². The topological polar surface area (TPSA) is 142 Å². The number of benzene rings is 3. The van der Waals surface area contributed by atoms with E-state index in [2.05, 4.69) is 44.7 Å². The Hall–Kier alpha value is -4.59. The van der Waals surface area contributed by atoms with Crippen molar-refractivity contribution in [3.8, 4) is 17.2 Å². The van der Waals surface area contributed by atoms with Gasteiger partial charge in [0, 0.05) is 53.9 Å². The summed E-state index contributed by atoms with van der Waals surface area (Å²) in [6.07, 6.45) is 2.77. The maximum atomic E-state index is 14.3. The minimum atomic E-state index is -0.740. The Morgan fingerprint density at radius 1 is 0.820 bits per heavy atom. The van der Waals surface area contributed by atoms with E-state index in [4.69, 9.17) is 9.47 Å². The Bertz CT molecular complexity index is 1950. The summed E-state index contributed by atoms with van der Waals surface area (Å²) in [7, 11) is 1.44. The second-order valence-corrected chi connectivity index (χ2v) is 15.9. The van der Waals surface area contributed by atoms with Crippen LogP contribution in [0.4, 0.5) is 11.4 Å². The normalized spacial score (nSPS) is 18.5. The lowest BCUT2D eigenvalue weighted by molar-refractivity contribution is -0.394. The van der Waals surface area contributed by atoms with Gasteiger partial charge >= 0.3 is 5.69 Å². The number of hydrogen-bond donors (Lipinski definition) is 0. The second-order valence-electron chi connectivity index (χ2n) is 14.7. The van der Waals surface area contributed by atoms with Crippen LogP contribution in [0.1, 0.15) is 70.4 Å². The molecule has 1 heterocycles. The van der Waals surface area contributed by atoms with Crippen molar-refractivity contribution in [2.75, 3.05) is 13.7 Å². The number of carbonyl (C=O) groups is 2. The fourth-order valence-electron chi connectivity index (χ4n) is 7.50. The lowest BCUT2D eigenvalue weighted by Crippen LogP contribution is -2.45. The van der Waals surface area contributed by atoms with E-state index >= 15 is 0 Å². The molecule has 3 aromatic rings. The second kappa shape index (κ2) is 13.3. The largest absolute Gasteiger partial charge is 0.493 e. The van der Waals surface area contributed by atoms with E-state index in [-0.39, 0.29) is 39.6 Å². The molecule has 3 aromatic carbocycles. The molecule has 2 aliphatic carbocycles. The number of methoxy groups -OCH3 is 1. The van der Waals surface area contributed by atoms with Crippen LogP contribution >= 0.6 is 22.6 Å². The van der Waals surface area contributed by atoms with Crippen molar-refractivity contribution in [3.63, 3.8) is 0 Å². The Balaban J connectivity index is 1.50. The van der Waals surface area contributed by atoms with Crippen molar-refractivity contribution in [1.29, 1.82) is 0 Å². The third-order valence-electron chi connectivity index (χ3n) is 9.64. The van der Waals surface area contributed by atoms with Crippen LogP contribution in [0.25, 0.3) is 0 Å². The number of ketones is 2. The van der Waals surface area contributed by atoms with Gasteiger partial charge in [-0.2, -0.15) is 0 Å². The highest BCUT2D eigenvalue weighted by Crippen LogP contribution is 2.55. The van der Waals surface area contributed by atoms with Gasteiger partial charge in [-0.05, 0) is 82.0 Å². The minimum absolute atomic E-state index is 0.00551. The van der Waals surface area contributed by atoms with Crippen molar-refractivity contribution in [2.45, 2.75) is 65.7 Å². The van der Waals surface area contributed by atoms with Crippen LogP contribution in [-0.2, 0) is 16.0 Å². The first-order valence-corrected chi connectivity index (χ1v) is 17.5. The highest BCUT2D eigenvalue weighted by Gasteiger charge is 2.49. The van der Waals surface area contributed by atoms with Crippen LogP contribution in [0.2, 0.25) is 0 Å². The quantitative estimate of drug-likeness (QED) is 0.118. The molecule has 11 nitrogen and oxygen atoms in total. The van der Waals surface area contributed by atoms with E-state index in [0.717, 1.165) is 29.9 Å². The molecule has 0 saturated carbocycles. The van der Waals surface area contributed by atoms with Gasteiger partial charge in [0.15, 0.2) is 23.1 Å². The molecule has 0 atom stereocenters. The minimum Gasteiger partial charge on any atom is -0.493 e. The van der Waals surface area contributed by atoms with Gasteiger partial charge in [0.2, 0.25) is 5.75 Å². The molecule has 0 spiro atoms. The van der Waals surface area contributed by atoms with Crippen LogP contribution in [0.3, 0.4) is 0 Å². The number of non-ortho nitro benzene ring substituents is 1. The van der Waals surface area contributed by atoms with Gasteiger partial charge in [0.05, 0.1) is 26.6 Å². The average Bonchev–Trinajstić information content (AvgIpc) is 3.03. The average molecular weight is 792 g/mol. The van der Waals surface area contributed by atoms with E-state index in [1.807, 2.05) is 46.9 Å². The first kappa shape index (κ1) is 35.2. The molecule has 0 saturated heterocycles. The predicted molar refractivity (Wildman–Crippen MR) is 195 cm³/mol. The smallest absolute Gasteiger partial charge is 0.318 e. The Labute approximate surface area is 303 Å². The summed E-state index contributed by atoms with van der Waals surface area (Å²) in [6, 6.07) is 16.9. The van der Waals surface area contributed by atoms with Crippen LogP contribution in [-0.4, -0.2) is 40.0 Å². The summed E-state index contributed by atoms with van der Waals surface area (Å²) < 4.78 is 12.3. The molecule has 50 heavy (non-hydrogen) atoms. The van der Waals surface area contributed by atoms with E-state index in [9.17, 15) is 29.8 Å². The summed E-state index contributed by atoms with van der Waals surface area (Å²) in [4.78, 5) is 52.5. The van der Waals surface area contributed by atoms with E-state index in [1.54, 1.807) is 6.07 Å². The van der Waals surface area contributed by atoms with Crippen LogP contribution in [0.5, 0.6) is 17.2 Å². The monoisotopic (exact) mass is 791 g/mol. The molecule has 6 rings (SSSR count). The molecule has 0 amide bonds. The van der Waals surface area contributed by atoms with Crippen molar-refractivity contribution in [3.05, 3.63) is 118 Å². The number of rotatable bonds is 9. The SMILES string of the molecule is COc1cc(C2C3=C(CC(C)(C)CC3=O)N(CCc3ccccc3)C3=C2C(=O)CC(C)(C)C3)cc(I)c1Oc1ccc([N+](=O)[O-])cc1[N+](=O)[O-]. The Kier molecular flexibility index (Phi) is 9.35. The molecule has 0 bridgehead atoms. The van der Waals surface area contributed by atoms with E-state index < -0.39 is 27.1 Å². The highest BCUT2D eigenvalue weighted by molar-refractivity contribution is 14.1. The maximum absolute atomic E-state index is 14.3. The van der Waals surface area contributed by atoms with E-state index in [1.165, 1.54) is 18.7 Å². The third-order valence-corrected chi connectivity index (χ3v) is 10.4. The van der Waals surface area contributed by atoms with Gasteiger partial charge in [-0.15, -0.1) is 0 Å². The number of halogens is 1. The zero-order valence-corrected chi connectivity index (χ0v) is 30.7. The van der Waals surface area contributed by atoms with Crippen molar-refractivity contribution in [2.24, 2.45) is 10.8 Å². The third kappa shape index (κ3) is 6.77. The first-order valence-electron chi connectivity index (χ1n) is 16.4. The van der Waals surface area contributed by atoms with Gasteiger partial charge in [0.25, 0.3) is 5.69 Å². The summed E-state index contributed by atoms with van der Waals surface area (Å²) in [5.41, 5.74) is 3.44. The number of nitrogens with zero attached hydrogens (tertiary/aromatic N) is 3. The van der Waals surface area contributed by atoms with Gasteiger partial charge in [-0.3, -0.25) is 29.8 Å². The highest BCUT2D eigenvalue weighted by atomic mass is 127. The number of nitro groups is 2. The molecule has 1 aliphatic heterocycles. The fraction of sp³-hybridized carbons (Fsp3) is 0.368. The number of nitro benzene ring substituents is 2. The molecule has 0 radical (unpaired) electrons. The zero-order valence-electron chi connectivity index (χ0n) is 28.6.